The van der Waals surface area contributed by atoms with Crippen molar-refractivity contribution in [2.45, 2.75) is 13.5 Å². The lowest BCUT2D eigenvalue weighted by molar-refractivity contribution is 0.0843. The van der Waals surface area contributed by atoms with Gasteiger partial charge in [0.15, 0.2) is 0 Å². The molecule has 0 radical (unpaired) electrons. The zero-order chi connectivity index (χ0) is 16.1. The fourth-order valence-electron chi connectivity index (χ4n) is 2.55. The van der Waals surface area contributed by atoms with E-state index in [-0.39, 0.29) is 0 Å². The molecule has 1 fully saturated rings. The third-order valence-corrected chi connectivity index (χ3v) is 3.89. The second-order valence-electron chi connectivity index (χ2n) is 5.77. The van der Waals surface area contributed by atoms with Crippen LogP contribution in [0.1, 0.15) is 11.1 Å². The molecule has 4 nitrogen and oxygen atoms in total. The monoisotopic (exact) mass is 310 g/mol. The van der Waals surface area contributed by atoms with Gasteiger partial charge in [-0.25, -0.2) is 0 Å². The number of rotatable bonds is 4. The fourth-order valence-corrected chi connectivity index (χ4v) is 2.55. The van der Waals surface area contributed by atoms with Crippen molar-refractivity contribution < 1.29 is 9.47 Å². The Kier molecular flexibility index (Phi) is 4.83. The minimum absolute atomic E-state index is 0.683. The molecular formula is C19H22N2O2. The molecule has 0 aliphatic carbocycles. The first-order chi connectivity index (χ1) is 11.2. The van der Waals surface area contributed by atoms with Crippen molar-refractivity contribution in [2.24, 2.45) is 0 Å². The Balaban J connectivity index is 1.60. The third-order valence-electron chi connectivity index (χ3n) is 3.89. The number of hydrogen-bond donors (Lipinski definition) is 1. The van der Waals surface area contributed by atoms with Crippen molar-refractivity contribution in [1.29, 1.82) is 0 Å². The molecule has 0 aromatic heterocycles. The Bertz CT molecular complexity index is 683. The Labute approximate surface area is 137 Å². The van der Waals surface area contributed by atoms with Gasteiger partial charge in [-0.15, -0.1) is 0 Å². The minimum Gasteiger partial charge on any atom is -0.492 e. The predicted octanol–water partition coefficient (Wildman–Crippen LogP) is 3.33. The van der Waals surface area contributed by atoms with E-state index in [0.29, 0.717) is 6.61 Å². The highest BCUT2D eigenvalue weighted by Crippen LogP contribution is 2.20. The molecule has 2 aromatic rings. The Morgan fingerprint density at radius 3 is 2.83 bits per heavy atom. The van der Waals surface area contributed by atoms with Gasteiger partial charge in [0.05, 0.1) is 6.54 Å². The van der Waals surface area contributed by atoms with E-state index in [0.717, 1.165) is 42.4 Å². The second-order valence-corrected chi connectivity index (χ2v) is 5.77. The summed E-state index contributed by atoms with van der Waals surface area (Å²) in [5, 5.41) is 0. The number of ether oxygens (including phenoxy) is 2. The molecule has 3 rings (SSSR count). The average molecular weight is 310 g/mol. The van der Waals surface area contributed by atoms with Crippen LogP contribution in [0.3, 0.4) is 0 Å². The van der Waals surface area contributed by atoms with E-state index in [1.54, 1.807) is 6.26 Å². The van der Waals surface area contributed by atoms with Gasteiger partial charge in [-0.05, 0) is 36.2 Å². The first-order valence-corrected chi connectivity index (χ1v) is 7.81. The highest BCUT2D eigenvalue weighted by atomic mass is 16.5. The van der Waals surface area contributed by atoms with Gasteiger partial charge >= 0.3 is 0 Å². The van der Waals surface area contributed by atoms with E-state index in [4.69, 9.17) is 15.2 Å². The number of benzene rings is 2. The summed E-state index contributed by atoms with van der Waals surface area (Å²) in [5.41, 5.74) is 8.91. The van der Waals surface area contributed by atoms with E-state index in [9.17, 15) is 0 Å². The van der Waals surface area contributed by atoms with Crippen molar-refractivity contribution in [2.75, 3.05) is 25.4 Å². The van der Waals surface area contributed by atoms with Crippen LogP contribution in [0.4, 0.5) is 5.69 Å². The van der Waals surface area contributed by atoms with Crippen LogP contribution in [-0.4, -0.2) is 24.6 Å². The van der Waals surface area contributed by atoms with Crippen molar-refractivity contribution in [3.8, 4) is 5.75 Å². The van der Waals surface area contributed by atoms with Gasteiger partial charge in [-0.1, -0.05) is 30.3 Å². The largest absolute Gasteiger partial charge is 0.492 e. The van der Waals surface area contributed by atoms with Crippen LogP contribution in [0.5, 0.6) is 5.75 Å². The van der Waals surface area contributed by atoms with Crippen molar-refractivity contribution >= 4 is 5.69 Å². The molecule has 23 heavy (non-hydrogen) atoms. The molecule has 120 valence electrons. The lowest BCUT2D eigenvalue weighted by atomic mass is 10.2. The summed E-state index contributed by atoms with van der Waals surface area (Å²) in [4.78, 5) is 2.35. The summed E-state index contributed by atoms with van der Waals surface area (Å²) >= 11 is 0. The molecule has 0 spiro atoms. The molecule has 0 unspecified atom stereocenters. The molecule has 0 saturated carbocycles. The number of nitrogen functional groups attached to an aromatic ring is 1. The summed E-state index contributed by atoms with van der Waals surface area (Å²) < 4.78 is 11.4. The van der Waals surface area contributed by atoms with Crippen LogP contribution in [0.2, 0.25) is 0 Å². The molecule has 4 heteroatoms. The summed E-state index contributed by atoms with van der Waals surface area (Å²) in [6, 6.07) is 16.1. The van der Waals surface area contributed by atoms with Crippen LogP contribution >= 0.6 is 0 Å². The molecule has 2 aromatic carbocycles. The van der Waals surface area contributed by atoms with E-state index in [1.807, 2.05) is 31.2 Å². The average Bonchev–Trinajstić information content (AvgIpc) is 2.57. The molecular weight excluding hydrogens is 288 g/mol. The minimum atomic E-state index is 0.683. The maximum Gasteiger partial charge on any atom is 0.145 e. The Hall–Kier alpha value is -2.46. The van der Waals surface area contributed by atoms with Gasteiger partial charge in [-0.2, -0.15) is 0 Å². The van der Waals surface area contributed by atoms with Gasteiger partial charge < -0.3 is 15.2 Å². The molecule has 2 N–H and O–H groups in total. The quantitative estimate of drug-likeness (QED) is 0.695. The molecule has 0 bridgehead atoms. The zero-order valence-corrected chi connectivity index (χ0v) is 13.4. The fraction of sp³-hybridized carbons (Fsp3) is 0.263. The molecule has 0 amide bonds. The summed E-state index contributed by atoms with van der Waals surface area (Å²) in [7, 11) is 0. The lowest BCUT2D eigenvalue weighted by Crippen LogP contribution is -2.34. The molecule has 1 heterocycles. The lowest BCUT2D eigenvalue weighted by Gasteiger charge is -2.28. The SMILES string of the molecule is Cc1cc(OC=C2CN(Cc3ccccc3)CCO2)ccc1N. The smallest absolute Gasteiger partial charge is 0.145 e. The first-order valence-electron chi connectivity index (χ1n) is 7.81. The van der Waals surface area contributed by atoms with Gasteiger partial charge in [0.25, 0.3) is 0 Å². The molecule has 0 atom stereocenters. The van der Waals surface area contributed by atoms with Crippen LogP contribution in [-0.2, 0) is 11.3 Å². The topological polar surface area (TPSA) is 47.7 Å². The van der Waals surface area contributed by atoms with Crippen molar-refractivity contribution in [1.82, 2.24) is 4.90 Å². The number of nitrogens with zero attached hydrogens (tertiary/aromatic N) is 1. The Morgan fingerprint density at radius 1 is 1.22 bits per heavy atom. The molecule has 1 aliphatic heterocycles. The van der Waals surface area contributed by atoms with E-state index in [1.165, 1.54) is 5.56 Å². The third kappa shape index (κ3) is 4.27. The number of aryl methyl sites for hydroxylation is 1. The predicted molar refractivity (Wildman–Crippen MR) is 92.0 cm³/mol. The van der Waals surface area contributed by atoms with Crippen molar-refractivity contribution in [3.63, 3.8) is 0 Å². The number of hydrogen-bond acceptors (Lipinski definition) is 4. The zero-order valence-electron chi connectivity index (χ0n) is 13.4. The summed E-state index contributed by atoms with van der Waals surface area (Å²) in [6.07, 6.45) is 1.70. The van der Waals surface area contributed by atoms with Crippen LogP contribution in [0, 0.1) is 6.92 Å². The Morgan fingerprint density at radius 2 is 2.04 bits per heavy atom. The maximum atomic E-state index is 5.82. The van der Waals surface area contributed by atoms with Crippen LogP contribution < -0.4 is 10.5 Å². The standard InChI is InChI=1S/C19H22N2O2/c1-15-11-17(7-8-19(15)20)23-14-18-13-21(9-10-22-18)12-16-5-3-2-4-6-16/h2-8,11,14H,9-10,12-13,20H2,1H3. The van der Waals surface area contributed by atoms with E-state index in [2.05, 4.69) is 29.2 Å². The number of morpholine rings is 1. The van der Waals surface area contributed by atoms with Crippen molar-refractivity contribution in [3.05, 3.63) is 71.7 Å². The first kappa shape index (κ1) is 15.4. The number of nitrogens with two attached hydrogens (primary N) is 1. The normalized spacial score (nSPS) is 17.0. The maximum absolute atomic E-state index is 5.82. The van der Waals surface area contributed by atoms with Crippen LogP contribution in [0.15, 0.2) is 60.6 Å². The van der Waals surface area contributed by atoms with Gasteiger partial charge in [0.2, 0.25) is 0 Å². The van der Waals surface area contributed by atoms with Gasteiger partial charge in [0, 0.05) is 18.8 Å². The molecule has 1 saturated heterocycles. The summed E-state index contributed by atoms with van der Waals surface area (Å²) in [5.74, 6) is 1.62. The van der Waals surface area contributed by atoms with Crippen LogP contribution in [0.25, 0.3) is 0 Å². The number of anilines is 1. The van der Waals surface area contributed by atoms with E-state index >= 15 is 0 Å². The molecule has 1 aliphatic rings. The second kappa shape index (κ2) is 7.20. The summed E-state index contributed by atoms with van der Waals surface area (Å²) in [6.45, 7) is 5.25. The highest BCUT2D eigenvalue weighted by Gasteiger charge is 2.16. The highest BCUT2D eigenvalue weighted by molar-refractivity contribution is 5.49. The van der Waals surface area contributed by atoms with E-state index < -0.39 is 0 Å². The van der Waals surface area contributed by atoms with Gasteiger partial charge in [0.1, 0.15) is 24.4 Å². The van der Waals surface area contributed by atoms with Gasteiger partial charge in [-0.3, -0.25) is 4.90 Å².